The molecule has 5 heteroatoms. The summed E-state index contributed by atoms with van der Waals surface area (Å²) < 4.78 is 0. The Hall–Kier alpha value is -0.100. The molecule has 0 aliphatic heterocycles. The Kier molecular flexibility index (Phi) is 6.54. The van der Waals surface area contributed by atoms with Gasteiger partial charge in [0.1, 0.15) is 6.29 Å². The van der Waals surface area contributed by atoms with Crippen molar-refractivity contribution in [2.24, 2.45) is 5.73 Å². The van der Waals surface area contributed by atoms with Gasteiger partial charge in [0.15, 0.2) is 0 Å². The van der Waals surface area contributed by atoms with Crippen molar-refractivity contribution in [2.75, 3.05) is 18.1 Å². The van der Waals surface area contributed by atoms with Gasteiger partial charge in [-0.25, -0.2) is 0 Å². The number of aliphatic hydroxyl groups excluding tert-OH is 2. The van der Waals surface area contributed by atoms with Crippen molar-refractivity contribution in [3.8, 4) is 0 Å². The quantitative estimate of drug-likeness (QED) is 0.437. The molecule has 0 aliphatic rings. The van der Waals surface area contributed by atoms with Gasteiger partial charge in [-0.05, 0) is 0 Å². The van der Waals surface area contributed by atoms with Crippen LogP contribution in [0.3, 0.4) is 0 Å². The lowest BCUT2D eigenvalue weighted by Gasteiger charge is -2.06. The van der Waals surface area contributed by atoms with Gasteiger partial charge in [-0.1, -0.05) is 0 Å². The second-order valence-corrected chi connectivity index (χ2v) is 3.25. The van der Waals surface area contributed by atoms with Crippen LogP contribution in [-0.2, 0) is 4.79 Å². The Labute approximate surface area is 69.8 Å². The van der Waals surface area contributed by atoms with Crippen molar-refractivity contribution >= 4 is 18.0 Å². The first-order valence-electron chi connectivity index (χ1n) is 3.28. The fraction of sp³-hybridized carbons (Fsp3) is 0.833. The van der Waals surface area contributed by atoms with E-state index in [0.717, 1.165) is 0 Å². The van der Waals surface area contributed by atoms with E-state index < -0.39 is 12.1 Å². The van der Waals surface area contributed by atoms with Crippen LogP contribution in [-0.4, -0.2) is 46.8 Å². The number of rotatable bonds is 6. The first kappa shape index (κ1) is 10.9. The lowest BCUT2D eigenvalue weighted by Crippen LogP contribution is -2.25. The standard InChI is InChI=1S/C6H13NO3S/c7-5(1-8)3-11-4-6(10)2-9/h1,5-6,9-10H,2-4,7H2. The van der Waals surface area contributed by atoms with E-state index in [1.54, 1.807) is 0 Å². The molecule has 2 atom stereocenters. The molecule has 0 amide bonds. The van der Waals surface area contributed by atoms with Crippen molar-refractivity contribution in [3.63, 3.8) is 0 Å². The lowest BCUT2D eigenvalue weighted by molar-refractivity contribution is -0.108. The van der Waals surface area contributed by atoms with Crippen LogP contribution < -0.4 is 5.73 Å². The highest BCUT2D eigenvalue weighted by Crippen LogP contribution is 2.02. The maximum Gasteiger partial charge on any atom is 0.137 e. The molecule has 0 heterocycles. The summed E-state index contributed by atoms with van der Waals surface area (Å²) in [6.07, 6.45) is -0.0444. The number of nitrogens with two attached hydrogens (primary N) is 1. The molecule has 0 aromatic carbocycles. The molecule has 2 unspecified atom stereocenters. The third-order valence-corrected chi connectivity index (χ3v) is 2.25. The third-order valence-electron chi connectivity index (χ3n) is 1.01. The van der Waals surface area contributed by atoms with Crippen LogP contribution in [0.25, 0.3) is 0 Å². The Morgan fingerprint density at radius 3 is 2.64 bits per heavy atom. The van der Waals surface area contributed by atoms with Crippen LogP contribution in [0.5, 0.6) is 0 Å². The number of aliphatic hydroxyl groups is 2. The summed E-state index contributed by atoms with van der Waals surface area (Å²) in [7, 11) is 0. The molecule has 0 rings (SSSR count). The second-order valence-electron chi connectivity index (χ2n) is 2.17. The molecule has 0 spiro atoms. The number of thioether (sulfide) groups is 1. The van der Waals surface area contributed by atoms with Gasteiger partial charge < -0.3 is 20.7 Å². The van der Waals surface area contributed by atoms with Gasteiger partial charge in [0, 0.05) is 11.5 Å². The van der Waals surface area contributed by atoms with Gasteiger partial charge in [0.05, 0.1) is 18.8 Å². The monoisotopic (exact) mass is 179 g/mol. The van der Waals surface area contributed by atoms with E-state index in [1.807, 2.05) is 0 Å². The van der Waals surface area contributed by atoms with Gasteiger partial charge in [-0.2, -0.15) is 11.8 Å². The summed E-state index contributed by atoms with van der Waals surface area (Å²) in [5.74, 6) is 0.901. The second kappa shape index (κ2) is 6.60. The van der Waals surface area contributed by atoms with Crippen LogP contribution >= 0.6 is 11.8 Å². The van der Waals surface area contributed by atoms with Gasteiger partial charge in [-0.3, -0.25) is 0 Å². The van der Waals surface area contributed by atoms with Gasteiger partial charge in [-0.15, -0.1) is 0 Å². The molecule has 4 N–H and O–H groups in total. The summed E-state index contributed by atoms with van der Waals surface area (Å²) in [4.78, 5) is 10.00. The maximum absolute atomic E-state index is 10.00. The molecular formula is C6H13NO3S. The molecule has 4 nitrogen and oxygen atoms in total. The zero-order valence-electron chi connectivity index (χ0n) is 6.14. The van der Waals surface area contributed by atoms with E-state index in [-0.39, 0.29) is 6.61 Å². The summed E-state index contributed by atoms with van der Waals surface area (Å²) in [6.45, 7) is -0.247. The minimum absolute atomic E-state index is 0.247. The highest BCUT2D eigenvalue weighted by atomic mass is 32.2. The van der Waals surface area contributed by atoms with Crippen molar-refractivity contribution in [3.05, 3.63) is 0 Å². The maximum atomic E-state index is 10.00. The van der Waals surface area contributed by atoms with E-state index in [4.69, 9.17) is 15.9 Å². The van der Waals surface area contributed by atoms with Crippen LogP contribution in [0.4, 0.5) is 0 Å². The Morgan fingerprint density at radius 1 is 1.55 bits per heavy atom. The number of carbonyl (C=O) groups excluding carboxylic acids is 1. The van der Waals surface area contributed by atoms with E-state index in [9.17, 15) is 4.79 Å². The highest BCUT2D eigenvalue weighted by molar-refractivity contribution is 7.99. The van der Waals surface area contributed by atoms with Crippen molar-refractivity contribution in [1.82, 2.24) is 0 Å². The molecule has 0 bridgehead atoms. The topological polar surface area (TPSA) is 83.6 Å². The fourth-order valence-electron chi connectivity index (χ4n) is 0.432. The molecule has 0 saturated heterocycles. The van der Waals surface area contributed by atoms with Gasteiger partial charge in [0.25, 0.3) is 0 Å². The molecule has 0 saturated carbocycles. The SMILES string of the molecule is NC(C=O)CSCC(O)CO. The molecule has 66 valence electrons. The minimum Gasteiger partial charge on any atom is -0.394 e. The van der Waals surface area contributed by atoms with Crippen molar-refractivity contribution in [2.45, 2.75) is 12.1 Å². The number of carbonyl (C=O) groups is 1. The molecule has 0 radical (unpaired) electrons. The smallest absolute Gasteiger partial charge is 0.137 e. The summed E-state index contributed by atoms with van der Waals surface area (Å²) in [6, 6.07) is -0.467. The van der Waals surface area contributed by atoms with Crippen molar-refractivity contribution in [1.29, 1.82) is 0 Å². The van der Waals surface area contributed by atoms with Crippen LogP contribution in [0, 0.1) is 0 Å². The number of hydrogen-bond donors (Lipinski definition) is 3. The van der Waals surface area contributed by atoms with E-state index >= 15 is 0 Å². The highest BCUT2D eigenvalue weighted by Gasteiger charge is 2.04. The molecule has 0 aromatic heterocycles. The molecule has 0 fully saturated rings. The largest absolute Gasteiger partial charge is 0.394 e. The van der Waals surface area contributed by atoms with Crippen LogP contribution in [0.15, 0.2) is 0 Å². The van der Waals surface area contributed by atoms with Gasteiger partial charge >= 0.3 is 0 Å². The Morgan fingerprint density at radius 2 is 2.18 bits per heavy atom. The summed E-state index contributed by atoms with van der Waals surface area (Å²) >= 11 is 1.35. The normalized spacial score (nSPS) is 15.9. The van der Waals surface area contributed by atoms with E-state index in [0.29, 0.717) is 17.8 Å². The van der Waals surface area contributed by atoms with E-state index in [2.05, 4.69) is 0 Å². The average molecular weight is 179 g/mol. The first-order chi connectivity index (χ1) is 5.20. The summed E-state index contributed by atoms with van der Waals surface area (Å²) in [5, 5.41) is 17.2. The van der Waals surface area contributed by atoms with Crippen LogP contribution in [0.2, 0.25) is 0 Å². The number of aldehydes is 1. The first-order valence-corrected chi connectivity index (χ1v) is 4.43. The van der Waals surface area contributed by atoms with Gasteiger partial charge in [0.2, 0.25) is 0 Å². The minimum atomic E-state index is -0.709. The number of hydrogen-bond acceptors (Lipinski definition) is 5. The third kappa shape index (κ3) is 6.30. The zero-order valence-corrected chi connectivity index (χ0v) is 6.96. The Balaban J connectivity index is 3.19. The molecule has 0 aliphatic carbocycles. The predicted octanol–water partition coefficient (Wildman–Crippen LogP) is -1.40. The fourth-order valence-corrected chi connectivity index (χ4v) is 1.30. The Bertz CT molecular complexity index is 112. The molecular weight excluding hydrogens is 166 g/mol. The lowest BCUT2D eigenvalue weighted by atomic mass is 10.4. The van der Waals surface area contributed by atoms with Crippen molar-refractivity contribution < 1.29 is 15.0 Å². The van der Waals surface area contributed by atoms with E-state index in [1.165, 1.54) is 11.8 Å². The zero-order chi connectivity index (χ0) is 8.69. The van der Waals surface area contributed by atoms with Crippen LogP contribution in [0.1, 0.15) is 0 Å². The predicted molar refractivity (Wildman–Crippen MR) is 44.5 cm³/mol. The summed E-state index contributed by atoms with van der Waals surface area (Å²) in [5.41, 5.74) is 5.27. The molecule has 0 aromatic rings. The average Bonchev–Trinajstić information content (AvgIpc) is 2.04. The molecule has 11 heavy (non-hydrogen) atoms.